The van der Waals surface area contributed by atoms with Gasteiger partial charge in [0, 0.05) is 30.5 Å². The maximum absolute atomic E-state index is 6.10. The Hall–Kier alpha value is -0.930. The fourth-order valence-electron chi connectivity index (χ4n) is 3.50. The number of hydrogen-bond donors (Lipinski definition) is 1. The maximum atomic E-state index is 6.10. The van der Waals surface area contributed by atoms with Gasteiger partial charge < -0.3 is 10.1 Å². The number of ether oxygens (including phenoxy) is 1. The average Bonchev–Trinajstić information content (AvgIpc) is 2.90. The standard InChI is InChI=1S/C18H30N2O/c1-5-11-19-17(18(13(3)4)21-6-2)15-10-9-14-8-7-12-20-16(14)15/h7-8,12-13,15,17-19H,5-6,9-11H2,1-4H3. The number of rotatable bonds is 8. The zero-order valence-corrected chi connectivity index (χ0v) is 13.9. The van der Waals surface area contributed by atoms with Crippen molar-refractivity contribution < 1.29 is 4.74 Å². The Bertz CT molecular complexity index is 433. The van der Waals surface area contributed by atoms with Crippen molar-refractivity contribution in [1.29, 1.82) is 0 Å². The lowest BCUT2D eigenvalue weighted by Gasteiger charge is -2.35. The number of nitrogens with one attached hydrogen (secondary N) is 1. The molecule has 0 spiro atoms. The summed E-state index contributed by atoms with van der Waals surface area (Å²) in [5, 5.41) is 3.75. The van der Waals surface area contributed by atoms with Crippen molar-refractivity contribution in [1.82, 2.24) is 10.3 Å². The van der Waals surface area contributed by atoms with Crippen molar-refractivity contribution in [2.24, 2.45) is 5.92 Å². The second kappa shape index (κ2) is 7.90. The quantitative estimate of drug-likeness (QED) is 0.795. The molecule has 3 atom stereocenters. The fourth-order valence-corrected chi connectivity index (χ4v) is 3.50. The van der Waals surface area contributed by atoms with Crippen molar-refractivity contribution in [3.8, 4) is 0 Å². The van der Waals surface area contributed by atoms with Gasteiger partial charge in [0.05, 0.1) is 6.10 Å². The summed E-state index contributed by atoms with van der Waals surface area (Å²) in [6.07, 6.45) is 5.66. The molecule has 0 aliphatic heterocycles. The van der Waals surface area contributed by atoms with Crippen molar-refractivity contribution in [3.05, 3.63) is 29.6 Å². The topological polar surface area (TPSA) is 34.2 Å². The molecule has 3 unspecified atom stereocenters. The summed E-state index contributed by atoms with van der Waals surface area (Å²) < 4.78 is 6.10. The van der Waals surface area contributed by atoms with E-state index < -0.39 is 0 Å². The Morgan fingerprint density at radius 2 is 2.19 bits per heavy atom. The molecule has 3 nitrogen and oxygen atoms in total. The Balaban J connectivity index is 2.23. The van der Waals surface area contributed by atoms with Crippen LogP contribution in [-0.2, 0) is 11.2 Å². The molecule has 1 aromatic rings. The third-order valence-corrected chi connectivity index (χ3v) is 4.44. The van der Waals surface area contributed by atoms with Crippen molar-refractivity contribution in [3.63, 3.8) is 0 Å². The molecule has 0 bridgehead atoms. The minimum absolute atomic E-state index is 0.250. The lowest BCUT2D eigenvalue weighted by molar-refractivity contribution is -0.00361. The molecule has 2 rings (SSSR count). The van der Waals surface area contributed by atoms with Gasteiger partial charge in [-0.1, -0.05) is 26.8 Å². The largest absolute Gasteiger partial charge is 0.377 e. The molecule has 0 amide bonds. The van der Waals surface area contributed by atoms with Gasteiger partial charge in [-0.05, 0) is 50.3 Å². The van der Waals surface area contributed by atoms with Gasteiger partial charge in [-0.25, -0.2) is 0 Å². The molecule has 0 saturated heterocycles. The molecule has 0 fully saturated rings. The molecule has 0 radical (unpaired) electrons. The summed E-state index contributed by atoms with van der Waals surface area (Å²) in [6.45, 7) is 10.6. The fraction of sp³-hybridized carbons (Fsp3) is 0.722. The first-order valence-electron chi connectivity index (χ1n) is 8.47. The van der Waals surface area contributed by atoms with E-state index in [1.165, 1.54) is 17.7 Å². The number of fused-ring (bicyclic) bond motifs is 1. The minimum Gasteiger partial charge on any atom is -0.377 e. The van der Waals surface area contributed by atoms with Crippen molar-refractivity contribution >= 4 is 0 Å². The summed E-state index contributed by atoms with van der Waals surface area (Å²) in [5.74, 6) is 0.985. The van der Waals surface area contributed by atoms with E-state index in [0.717, 1.165) is 26.0 Å². The third-order valence-electron chi connectivity index (χ3n) is 4.44. The van der Waals surface area contributed by atoms with E-state index in [4.69, 9.17) is 4.74 Å². The predicted octanol–water partition coefficient (Wildman–Crippen LogP) is 3.54. The molecule has 118 valence electrons. The van der Waals surface area contributed by atoms with Crippen molar-refractivity contribution in [2.75, 3.05) is 13.2 Å². The molecule has 3 heteroatoms. The summed E-state index contributed by atoms with van der Waals surface area (Å²) in [7, 11) is 0. The second-order valence-corrected chi connectivity index (χ2v) is 6.34. The molecule has 1 aliphatic carbocycles. The zero-order chi connectivity index (χ0) is 15.2. The third kappa shape index (κ3) is 3.83. The molecule has 1 aliphatic rings. The van der Waals surface area contributed by atoms with E-state index in [0.29, 0.717) is 17.9 Å². The number of aromatic nitrogens is 1. The predicted molar refractivity (Wildman–Crippen MR) is 87.6 cm³/mol. The van der Waals surface area contributed by atoms with E-state index in [-0.39, 0.29) is 6.10 Å². The second-order valence-electron chi connectivity index (χ2n) is 6.34. The van der Waals surface area contributed by atoms with E-state index in [9.17, 15) is 0 Å². The van der Waals surface area contributed by atoms with Gasteiger partial charge in [-0.3, -0.25) is 4.98 Å². The first-order valence-corrected chi connectivity index (χ1v) is 8.47. The van der Waals surface area contributed by atoms with Crippen LogP contribution < -0.4 is 5.32 Å². The van der Waals surface area contributed by atoms with E-state index in [2.05, 4.69) is 50.1 Å². The van der Waals surface area contributed by atoms with Crippen LogP contribution in [0.25, 0.3) is 0 Å². The van der Waals surface area contributed by atoms with Crippen LogP contribution in [0.3, 0.4) is 0 Å². The van der Waals surface area contributed by atoms with Crippen LogP contribution in [0.4, 0.5) is 0 Å². The summed E-state index contributed by atoms with van der Waals surface area (Å²) in [5.41, 5.74) is 2.71. The highest BCUT2D eigenvalue weighted by atomic mass is 16.5. The lowest BCUT2D eigenvalue weighted by Crippen LogP contribution is -2.48. The Morgan fingerprint density at radius 3 is 2.86 bits per heavy atom. The highest BCUT2D eigenvalue weighted by molar-refractivity contribution is 5.30. The smallest absolute Gasteiger partial charge is 0.0757 e. The summed E-state index contributed by atoms with van der Waals surface area (Å²) >= 11 is 0. The van der Waals surface area contributed by atoms with Crippen LogP contribution in [0.2, 0.25) is 0 Å². The SMILES string of the molecule is CCCNC(C1CCc2cccnc21)C(OCC)C(C)C. The van der Waals surface area contributed by atoms with Crippen LogP contribution >= 0.6 is 0 Å². The molecule has 1 aromatic heterocycles. The monoisotopic (exact) mass is 290 g/mol. The van der Waals surface area contributed by atoms with Gasteiger partial charge in [0.15, 0.2) is 0 Å². The van der Waals surface area contributed by atoms with Crippen LogP contribution in [0, 0.1) is 5.92 Å². The van der Waals surface area contributed by atoms with Crippen LogP contribution in [0.5, 0.6) is 0 Å². The summed E-state index contributed by atoms with van der Waals surface area (Å²) in [4.78, 5) is 4.68. The van der Waals surface area contributed by atoms with Gasteiger partial charge >= 0.3 is 0 Å². The lowest BCUT2D eigenvalue weighted by atomic mass is 9.87. The van der Waals surface area contributed by atoms with E-state index in [1.807, 2.05) is 6.20 Å². The van der Waals surface area contributed by atoms with Gasteiger partial charge in [-0.2, -0.15) is 0 Å². The number of aryl methyl sites for hydroxylation is 1. The molecular formula is C18H30N2O. The zero-order valence-electron chi connectivity index (χ0n) is 13.9. The first-order chi connectivity index (χ1) is 10.2. The van der Waals surface area contributed by atoms with Gasteiger partial charge in [0.25, 0.3) is 0 Å². The van der Waals surface area contributed by atoms with E-state index >= 15 is 0 Å². The molecule has 1 heterocycles. The summed E-state index contributed by atoms with van der Waals surface area (Å²) in [6, 6.07) is 4.64. The Labute approximate surface area is 129 Å². The Morgan fingerprint density at radius 1 is 1.38 bits per heavy atom. The van der Waals surface area contributed by atoms with Gasteiger partial charge in [-0.15, -0.1) is 0 Å². The molecular weight excluding hydrogens is 260 g/mol. The Kier molecular flexibility index (Phi) is 6.19. The minimum atomic E-state index is 0.250. The van der Waals surface area contributed by atoms with Gasteiger partial charge in [0.2, 0.25) is 0 Å². The van der Waals surface area contributed by atoms with Gasteiger partial charge in [0.1, 0.15) is 0 Å². The van der Waals surface area contributed by atoms with E-state index in [1.54, 1.807) is 0 Å². The van der Waals surface area contributed by atoms with Crippen LogP contribution in [0.15, 0.2) is 18.3 Å². The van der Waals surface area contributed by atoms with Crippen molar-refractivity contribution in [2.45, 2.75) is 65.0 Å². The number of nitrogens with zero attached hydrogens (tertiary/aromatic N) is 1. The molecule has 21 heavy (non-hydrogen) atoms. The number of pyridine rings is 1. The highest BCUT2D eigenvalue weighted by Gasteiger charge is 2.37. The molecule has 0 saturated carbocycles. The van der Waals surface area contributed by atoms with Crippen LogP contribution in [-0.4, -0.2) is 30.3 Å². The molecule has 1 N–H and O–H groups in total. The van der Waals surface area contributed by atoms with Crippen LogP contribution in [0.1, 0.15) is 57.7 Å². The number of hydrogen-bond acceptors (Lipinski definition) is 3. The maximum Gasteiger partial charge on any atom is 0.0757 e. The first kappa shape index (κ1) is 16.4. The normalized spacial score (nSPS) is 20.5. The molecule has 0 aromatic carbocycles. The highest BCUT2D eigenvalue weighted by Crippen LogP contribution is 2.36. The average molecular weight is 290 g/mol.